The first-order valence-corrected chi connectivity index (χ1v) is 7.35. The normalized spacial score (nSPS) is 16.6. The van der Waals surface area contributed by atoms with Gasteiger partial charge in [0.2, 0.25) is 11.8 Å². The highest BCUT2D eigenvalue weighted by molar-refractivity contribution is 5.84. The van der Waals surface area contributed by atoms with Crippen LogP contribution in [0.1, 0.15) is 33.1 Å². The number of carbonyl (C=O) groups is 1. The van der Waals surface area contributed by atoms with Gasteiger partial charge in [0.1, 0.15) is 6.04 Å². The van der Waals surface area contributed by atoms with E-state index in [4.69, 9.17) is 4.74 Å². The summed E-state index contributed by atoms with van der Waals surface area (Å²) in [4.78, 5) is 18.4. The van der Waals surface area contributed by atoms with Crippen LogP contribution in [0.5, 0.6) is 5.88 Å². The number of pyridine rings is 1. The van der Waals surface area contributed by atoms with E-state index in [2.05, 4.69) is 10.3 Å². The molecule has 0 bridgehead atoms. The minimum absolute atomic E-state index is 0.165. The van der Waals surface area contributed by atoms with E-state index in [0.717, 1.165) is 31.6 Å². The summed E-state index contributed by atoms with van der Waals surface area (Å²) in [6.45, 7) is 6.18. The third-order valence-electron chi connectivity index (χ3n) is 3.45. The first-order valence-electron chi connectivity index (χ1n) is 7.35. The van der Waals surface area contributed by atoms with Gasteiger partial charge in [-0.3, -0.25) is 4.79 Å². The maximum Gasteiger partial charge on any atom is 0.244 e. The number of piperidine rings is 1. The van der Waals surface area contributed by atoms with Gasteiger partial charge in [-0.05, 0) is 39.2 Å². The summed E-state index contributed by atoms with van der Waals surface area (Å²) in [7, 11) is 0. The molecule has 2 heterocycles. The number of amides is 1. The van der Waals surface area contributed by atoms with E-state index in [1.165, 1.54) is 6.42 Å². The monoisotopic (exact) mass is 277 g/mol. The summed E-state index contributed by atoms with van der Waals surface area (Å²) in [5.74, 6) is 0.770. The fraction of sp³-hybridized carbons (Fsp3) is 0.600. The zero-order valence-corrected chi connectivity index (χ0v) is 12.3. The minimum Gasteiger partial charge on any atom is -0.478 e. The summed E-state index contributed by atoms with van der Waals surface area (Å²) >= 11 is 0. The van der Waals surface area contributed by atoms with Gasteiger partial charge >= 0.3 is 0 Å². The first-order chi connectivity index (χ1) is 9.70. The molecule has 1 unspecified atom stereocenters. The van der Waals surface area contributed by atoms with Crippen LogP contribution in [0, 0.1) is 0 Å². The second-order valence-corrected chi connectivity index (χ2v) is 5.07. The molecule has 110 valence electrons. The molecule has 1 aliphatic heterocycles. The van der Waals surface area contributed by atoms with Crippen LogP contribution in [0.25, 0.3) is 0 Å². The largest absolute Gasteiger partial charge is 0.478 e. The van der Waals surface area contributed by atoms with Crippen molar-refractivity contribution in [3.63, 3.8) is 0 Å². The van der Waals surface area contributed by atoms with Gasteiger partial charge in [-0.15, -0.1) is 0 Å². The van der Waals surface area contributed by atoms with Crippen LogP contribution in [-0.2, 0) is 4.79 Å². The number of ether oxygens (including phenoxy) is 1. The number of likely N-dealkylation sites (tertiary alicyclic amines) is 1. The van der Waals surface area contributed by atoms with E-state index < -0.39 is 0 Å². The summed E-state index contributed by atoms with van der Waals surface area (Å²) < 4.78 is 5.29. The average molecular weight is 277 g/mol. The van der Waals surface area contributed by atoms with Gasteiger partial charge in [0.05, 0.1) is 18.5 Å². The van der Waals surface area contributed by atoms with Gasteiger partial charge in [0.15, 0.2) is 0 Å². The molecular weight excluding hydrogens is 254 g/mol. The average Bonchev–Trinajstić information content (AvgIpc) is 2.49. The molecule has 1 aromatic rings. The number of anilines is 1. The highest BCUT2D eigenvalue weighted by Crippen LogP contribution is 2.15. The van der Waals surface area contributed by atoms with Gasteiger partial charge in [-0.2, -0.15) is 0 Å². The molecule has 0 saturated carbocycles. The van der Waals surface area contributed by atoms with Gasteiger partial charge in [0.25, 0.3) is 0 Å². The van der Waals surface area contributed by atoms with Gasteiger partial charge < -0.3 is 15.0 Å². The predicted octanol–water partition coefficient (Wildman–Crippen LogP) is 2.29. The molecule has 1 N–H and O–H groups in total. The van der Waals surface area contributed by atoms with Crippen molar-refractivity contribution >= 4 is 11.6 Å². The van der Waals surface area contributed by atoms with Gasteiger partial charge in [-0.25, -0.2) is 4.98 Å². The molecule has 1 saturated heterocycles. The maximum atomic E-state index is 12.3. The summed E-state index contributed by atoms with van der Waals surface area (Å²) in [6.07, 6.45) is 5.16. The van der Waals surface area contributed by atoms with E-state index in [-0.39, 0.29) is 11.9 Å². The van der Waals surface area contributed by atoms with Crippen molar-refractivity contribution in [3.05, 3.63) is 18.3 Å². The molecule has 1 atom stereocenters. The van der Waals surface area contributed by atoms with E-state index in [1.54, 1.807) is 6.20 Å². The minimum atomic E-state index is -0.229. The molecule has 1 aliphatic rings. The molecule has 2 rings (SSSR count). The zero-order chi connectivity index (χ0) is 14.4. The van der Waals surface area contributed by atoms with Crippen LogP contribution in [-0.4, -0.2) is 41.5 Å². The fourth-order valence-corrected chi connectivity index (χ4v) is 2.40. The Morgan fingerprint density at radius 2 is 2.15 bits per heavy atom. The number of carbonyl (C=O) groups excluding carboxylic acids is 1. The molecule has 0 aromatic carbocycles. The molecule has 1 aromatic heterocycles. The molecule has 0 radical (unpaired) electrons. The van der Waals surface area contributed by atoms with Crippen molar-refractivity contribution in [2.45, 2.75) is 39.2 Å². The molecule has 0 aliphatic carbocycles. The van der Waals surface area contributed by atoms with Gasteiger partial charge in [-0.1, -0.05) is 0 Å². The Labute approximate surface area is 120 Å². The van der Waals surface area contributed by atoms with Crippen LogP contribution in [0.4, 0.5) is 5.69 Å². The predicted molar refractivity (Wildman–Crippen MR) is 78.9 cm³/mol. The van der Waals surface area contributed by atoms with Crippen LogP contribution in [0.3, 0.4) is 0 Å². The molecule has 5 nitrogen and oxygen atoms in total. The first kappa shape index (κ1) is 14.6. The highest BCUT2D eigenvalue weighted by Gasteiger charge is 2.21. The van der Waals surface area contributed by atoms with E-state index >= 15 is 0 Å². The van der Waals surface area contributed by atoms with Crippen LogP contribution >= 0.6 is 0 Å². The summed E-state index contributed by atoms with van der Waals surface area (Å²) in [5, 5.41) is 3.20. The maximum absolute atomic E-state index is 12.3. The lowest BCUT2D eigenvalue weighted by molar-refractivity contribution is -0.132. The molecule has 20 heavy (non-hydrogen) atoms. The number of nitrogens with one attached hydrogen (secondary N) is 1. The zero-order valence-electron chi connectivity index (χ0n) is 12.3. The second kappa shape index (κ2) is 7.12. The van der Waals surface area contributed by atoms with Crippen LogP contribution < -0.4 is 10.1 Å². The molecule has 1 amide bonds. The molecule has 1 fully saturated rings. The van der Waals surface area contributed by atoms with E-state index in [9.17, 15) is 4.79 Å². The number of hydrogen-bond donors (Lipinski definition) is 1. The quantitative estimate of drug-likeness (QED) is 0.897. The summed E-state index contributed by atoms with van der Waals surface area (Å²) in [5.41, 5.74) is 0.839. The van der Waals surface area contributed by atoms with Crippen molar-refractivity contribution in [2.24, 2.45) is 0 Å². The lowest BCUT2D eigenvalue weighted by Gasteiger charge is -2.29. The topological polar surface area (TPSA) is 54.5 Å². The molecular formula is C15H23N3O2. The van der Waals surface area contributed by atoms with Gasteiger partial charge in [0, 0.05) is 19.2 Å². The fourth-order valence-electron chi connectivity index (χ4n) is 2.40. The number of rotatable bonds is 5. The highest BCUT2D eigenvalue weighted by atomic mass is 16.5. The Hall–Kier alpha value is -1.78. The standard InChI is InChI=1S/C15H23N3O2/c1-3-20-14-8-7-13(11-16-14)17-12(2)15(19)18-9-5-4-6-10-18/h7-8,11-12,17H,3-6,9-10H2,1-2H3. The molecule has 0 spiro atoms. The van der Waals surface area contributed by atoms with Crippen molar-refractivity contribution in [2.75, 3.05) is 25.0 Å². The van der Waals surface area contributed by atoms with Crippen molar-refractivity contribution < 1.29 is 9.53 Å². The Bertz CT molecular complexity index is 427. The third kappa shape index (κ3) is 3.85. The lowest BCUT2D eigenvalue weighted by Crippen LogP contribution is -2.43. The number of nitrogens with zero attached hydrogens (tertiary/aromatic N) is 2. The third-order valence-corrected chi connectivity index (χ3v) is 3.45. The molecule has 5 heteroatoms. The summed E-state index contributed by atoms with van der Waals surface area (Å²) in [6, 6.07) is 3.47. The Morgan fingerprint density at radius 1 is 1.40 bits per heavy atom. The second-order valence-electron chi connectivity index (χ2n) is 5.07. The van der Waals surface area contributed by atoms with Crippen molar-refractivity contribution in [1.82, 2.24) is 9.88 Å². The smallest absolute Gasteiger partial charge is 0.244 e. The number of hydrogen-bond acceptors (Lipinski definition) is 4. The van der Waals surface area contributed by atoms with Crippen molar-refractivity contribution in [3.8, 4) is 5.88 Å². The van der Waals surface area contributed by atoms with E-state index in [0.29, 0.717) is 12.5 Å². The Kier molecular flexibility index (Phi) is 5.21. The van der Waals surface area contributed by atoms with Crippen LogP contribution in [0.15, 0.2) is 18.3 Å². The Balaban J connectivity index is 1.89. The van der Waals surface area contributed by atoms with Crippen LogP contribution in [0.2, 0.25) is 0 Å². The lowest BCUT2D eigenvalue weighted by atomic mass is 10.1. The number of aromatic nitrogens is 1. The SMILES string of the molecule is CCOc1ccc(NC(C)C(=O)N2CCCCC2)cn1. The van der Waals surface area contributed by atoms with E-state index in [1.807, 2.05) is 30.9 Å². The Morgan fingerprint density at radius 3 is 2.75 bits per heavy atom. The van der Waals surface area contributed by atoms with Crippen molar-refractivity contribution in [1.29, 1.82) is 0 Å².